The maximum atomic E-state index is 13.0. The molecule has 21 nitrogen and oxygen atoms in total. The fraction of sp³-hybridized carbons (Fsp3) is 0.0556. The van der Waals surface area contributed by atoms with Crippen LogP contribution in [0.3, 0.4) is 0 Å². The second-order valence-corrected chi connectivity index (χ2v) is 16.5. The number of carboxylic acids is 3. The molecule has 0 aliphatic rings. The lowest BCUT2D eigenvalue weighted by atomic mass is 10.1. The lowest BCUT2D eigenvalue weighted by molar-refractivity contribution is -0.136. The Bertz CT molecular complexity index is 3800. The molecular weight excluding hydrogens is 1070 g/mol. The van der Waals surface area contributed by atoms with Gasteiger partial charge in [0, 0.05) is 44.7 Å². The van der Waals surface area contributed by atoms with Gasteiger partial charge in [0.1, 0.15) is 76.7 Å². The van der Waals surface area contributed by atoms with Crippen LogP contribution in [0.2, 0.25) is 5.15 Å². The van der Waals surface area contributed by atoms with Crippen LogP contribution in [-0.4, -0.2) is 101 Å². The smallest absolute Gasteiger partial charge is 0.322 e. The van der Waals surface area contributed by atoms with E-state index in [1.54, 1.807) is 42.5 Å². The molecule has 0 saturated heterocycles. The van der Waals surface area contributed by atoms with E-state index < -0.39 is 84.1 Å². The average molecular weight is 1100 g/mol. The molecule has 3 amide bonds. The number of benzene rings is 6. The minimum atomic E-state index is -1.25. The number of hydrogen-bond donors (Lipinski definition) is 9. The standard InChI is InChI=1S/C18H12ClFN2O5.2C18H13FN2O5/c19-17-12-6-5-11(27-10-3-1-9(20)2-4-10)7-13(12)16(25)15(22-17)18(26)21-8-14(23)24;19-11-2-5-12(6-3-11)26-13-4-1-10-8-20-16(17(24)14(10)7-13)18(25)21-9-15(22)23;19-11-1-3-12(4-2-11)26-13-5-6-14-10(7-13)8-20-16(17(14)24)18(25)21-9-15(22)23/h1-7,25H,8H2,(H,21,26)(H,23,24);2*1-8,24H,9H2,(H,21,25)(H,22,23). The lowest BCUT2D eigenvalue weighted by Gasteiger charge is -2.11. The molecule has 9 rings (SSSR count). The Balaban J connectivity index is 0.000000172. The number of hydrogen-bond acceptors (Lipinski definition) is 15. The number of nitrogens with zero attached hydrogens (tertiary/aromatic N) is 3. The van der Waals surface area contributed by atoms with Gasteiger partial charge in [-0.25, -0.2) is 28.1 Å². The molecule has 25 heteroatoms. The van der Waals surface area contributed by atoms with Crippen molar-refractivity contribution in [1.29, 1.82) is 0 Å². The molecule has 0 fully saturated rings. The van der Waals surface area contributed by atoms with Crippen LogP contribution >= 0.6 is 11.6 Å². The summed E-state index contributed by atoms with van der Waals surface area (Å²) >= 11 is 6.07. The van der Waals surface area contributed by atoms with Crippen molar-refractivity contribution in [3.63, 3.8) is 0 Å². The van der Waals surface area contributed by atoms with Crippen LogP contribution in [0, 0.1) is 17.5 Å². The fourth-order valence-electron chi connectivity index (χ4n) is 6.92. The first-order valence-corrected chi connectivity index (χ1v) is 23.0. The highest BCUT2D eigenvalue weighted by Gasteiger charge is 2.21. The number of carboxylic acid groups (broad SMARTS) is 3. The molecule has 3 aromatic heterocycles. The van der Waals surface area contributed by atoms with Crippen LogP contribution in [0.25, 0.3) is 32.3 Å². The SMILES string of the molecule is O=C(O)CNC(=O)c1nc(Cl)c2ccc(Oc3ccc(F)cc3)cc2c1O.O=C(O)CNC(=O)c1ncc2cc(Oc3ccc(F)cc3)ccc2c1O.O=C(O)CNC(=O)c1ncc2ccc(Oc3ccc(F)cc3)cc2c1O. The molecule has 0 aliphatic heterocycles. The summed E-state index contributed by atoms with van der Waals surface area (Å²) in [5.41, 5.74) is -0.976. The van der Waals surface area contributed by atoms with Crippen LogP contribution in [0.15, 0.2) is 140 Å². The number of nitrogens with one attached hydrogen (secondary N) is 3. The molecule has 6 aromatic carbocycles. The van der Waals surface area contributed by atoms with Gasteiger partial charge in [0.15, 0.2) is 34.3 Å². The van der Waals surface area contributed by atoms with Gasteiger partial charge in [0.2, 0.25) is 0 Å². The van der Waals surface area contributed by atoms with Gasteiger partial charge >= 0.3 is 17.9 Å². The highest BCUT2D eigenvalue weighted by molar-refractivity contribution is 6.35. The van der Waals surface area contributed by atoms with Gasteiger partial charge in [-0.05, 0) is 127 Å². The molecule has 402 valence electrons. The van der Waals surface area contributed by atoms with Gasteiger partial charge in [0.05, 0.1) is 0 Å². The van der Waals surface area contributed by atoms with Crippen LogP contribution < -0.4 is 30.2 Å². The van der Waals surface area contributed by atoms with Crippen molar-refractivity contribution >= 4 is 79.5 Å². The Kier molecular flexibility index (Phi) is 17.9. The number of aromatic nitrogens is 3. The third-order valence-electron chi connectivity index (χ3n) is 10.6. The molecule has 0 atom stereocenters. The first-order valence-electron chi connectivity index (χ1n) is 22.6. The Morgan fingerprint density at radius 3 is 1.20 bits per heavy atom. The van der Waals surface area contributed by atoms with Crippen molar-refractivity contribution in [2.45, 2.75) is 0 Å². The van der Waals surface area contributed by atoms with Crippen molar-refractivity contribution < 1.29 is 86.8 Å². The predicted molar refractivity (Wildman–Crippen MR) is 275 cm³/mol. The molecule has 79 heavy (non-hydrogen) atoms. The summed E-state index contributed by atoms with van der Waals surface area (Å²) in [5, 5.41) is 65.4. The van der Waals surface area contributed by atoms with Gasteiger partial charge in [-0.2, -0.15) is 0 Å². The van der Waals surface area contributed by atoms with Crippen molar-refractivity contribution in [2.75, 3.05) is 19.6 Å². The van der Waals surface area contributed by atoms with Gasteiger partial charge in [-0.3, -0.25) is 28.8 Å². The molecule has 0 spiro atoms. The maximum Gasteiger partial charge on any atom is 0.322 e. The summed E-state index contributed by atoms with van der Waals surface area (Å²) in [4.78, 5) is 79.1. The van der Waals surface area contributed by atoms with E-state index in [0.717, 1.165) is 0 Å². The van der Waals surface area contributed by atoms with Gasteiger partial charge in [-0.1, -0.05) is 11.6 Å². The van der Waals surface area contributed by atoms with Crippen LogP contribution in [-0.2, 0) is 14.4 Å². The summed E-state index contributed by atoms with van der Waals surface area (Å²) in [6.07, 6.45) is 2.74. The number of aromatic hydroxyl groups is 3. The Morgan fingerprint density at radius 2 is 0.759 bits per heavy atom. The van der Waals surface area contributed by atoms with E-state index in [2.05, 4.69) is 30.9 Å². The Hall–Kier alpha value is -10.8. The third kappa shape index (κ3) is 14.8. The molecule has 0 bridgehead atoms. The number of pyridine rings is 3. The highest BCUT2D eigenvalue weighted by atomic mass is 35.5. The number of carbonyl (C=O) groups excluding carboxylic acids is 3. The Labute approximate surface area is 446 Å². The molecule has 9 N–H and O–H groups in total. The van der Waals surface area contributed by atoms with Crippen molar-refractivity contribution in [3.05, 3.63) is 179 Å². The summed E-state index contributed by atoms with van der Waals surface area (Å²) in [6, 6.07) is 30.3. The predicted octanol–water partition coefficient (Wildman–Crippen LogP) is 8.71. The average Bonchev–Trinajstić information content (AvgIpc) is 3.43. The third-order valence-corrected chi connectivity index (χ3v) is 10.9. The fourth-order valence-corrected chi connectivity index (χ4v) is 7.17. The van der Waals surface area contributed by atoms with E-state index in [4.69, 9.17) is 41.1 Å². The molecule has 0 unspecified atom stereocenters. The van der Waals surface area contributed by atoms with Gasteiger partial charge in [-0.15, -0.1) is 0 Å². The minimum absolute atomic E-state index is 0.0448. The number of ether oxygens (including phenoxy) is 3. The number of halogens is 4. The van der Waals surface area contributed by atoms with Crippen LogP contribution in [0.4, 0.5) is 13.2 Å². The zero-order valence-corrected chi connectivity index (χ0v) is 40.9. The number of fused-ring (bicyclic) bond motifs is 3. The zero-order chi connectivity index (χ0) is 56.9. The Morgan fingerprint density at radius 1 is 0.418 bits per heavy atom. The van der Waals surface area contributed by atoms with Gasteiger partial charge in [0.25, 0.3) is 17.7 Å². The molecule has 0 aliphatic carbocycles. The summed E-state index contributed by atoms with van der Waals surface area (Å²) in [7, 11) is 0. The van der Waals surface area contributed by atoms with Gasteiger partial charge < -0.3 is 60.8 Å². The second-order valence-electron chi connectivity index (χ2n) is 16.1. The summed E-state index contributed by atoms with van der Waals surface area (Å²) in [6.45, 7) is -1.81. The van der Waals surface area contributed by atoms with Crippen LogP contribution in [0.5, 0.6) is 51.7 Å². The quantitative estimate of drug-likeness (QED) is 0.0433. The number of aliphatic carboxylic acids is 3. The largest absolute Gasteiger partial charge is 0.505 e. The number of rotatable bonds is 15. The molecule has 3 heterocycles. The number of carbonyl (C=O) groups is 6. The molecule has 0 radical (unpaired) electrons. The van der Waals surface area contributed by atoms with Crippen LogP contribution in [0.1, 0.15) is 31.5 Å². The van der Waals surface area contributed by atoms with Crippen molar-refractivity contribution in [3.8, 4) is 51.7 Å². The summed E-state index contributed by atoms with van der Waals surface area (Å²) < 4.78 is 55.7. The zero-order valence-electron chi connectivity index (χ0n) is 40.1. The highest BCUT2D eigenvalue weighted by Crippen LogP contribution is 2.37. The van der Waals surface area contributed by atoms with E-state index in [-0.39, 0.29) is 33.5 Å². The van der Waals surface area contributed by atoms with E-state index in [1.165, 1.54) is 97.3 Å². The molecular formula is C54H38ClF3N6O15. The maximum absolute atomic E-state index is 13.0. The van der Waals surface area contributed by atoms with Crippen molar-refractivity contribution in [1.82, 2.24) is 30.9 Å². The van der Waals surface area contributed by atoms with E-state index >= 15 is 0 Å². The van der Waals surface area contributed by atoms with E-state index in [0.29, 0.717) is 61.4 Å². The lowest BCUT2D eigenvalue weighted by Crippen LogP contribution is -2.30. The normalized spacial score (nSPS) is 10.5. The monoisotopic (exact) mass is 1100 g/mol. The summed E-state index contributed by atoms with van der Waals surface area (Å²) in [5.74, 6) is -6.24. The molecule has 9 aromatic rings. The van der Waals surface area contributed by atoms with Crippen molar-refractivity contribution in [2.24, 2.45) is 0 Å². The number of amides is 3. The second kappa shape index (κ2) is 25.2. The topological polar surface area (TPSA) is 326 Å². The first-order chi connectivity index (χ1) is 37.7. The van der Waals surface area contributed by atoms with E-state index in [9.17, 15) is 57.3 Å². The molecule has 0 saturated carbocycles. The first kappa shape index (κ1) is 56.0. The minimum Gasteiger partial charge on any atom is -0.505 e. The van der Waals surface area contributed by atoms with E-state index in [1.807, 2.05) is 0 Å².